The van der Waals surface area contributed by atoms with Gasteiger partial charge < -0.3 is 15.4 Å². The van der Waals surface area contributed by atoms with E-state index in [1.54, 1.807) is 0 Å². The Hall–Kier alpha value is -2.27. The highest BCUT2D eigenvalue weighted by Gasteiger charge is 2.48. The van der Waals surface area contributed by atoms with Crippen molar-refractivity contribution in [2.24, 2.45) is 5.92 Å². The normalized spacial score (nSPS) is 20.6. The lowest BCUT2D eigenvalue weighted by molar-refractivity contribution is -0.198. The summed E-state index contributed by atoms with van der Waals surface area (Å²) in [7, 11) is 0. The first kappa shape index (κ1) is 19.1. The van der Waals surface area contributed by atoms with Gasteiger partial charge in [0.05, 0.1) is 12.1 Å². The van der Waals surface area contributed by atoms with Gasteiger partial charge in [-0.05, 0) is 18.4 Å². The molecule has 0 spiro atoms. The number of amides is 2. The number of carbonyl (C=O) groups excluding carboxylic acids is 1. The Balaban J connectivity index is 0.00000338. The minimum atomic E-state index is -4.52. The van der Waals surface area contributed by atoms with E-state index in [9.17, 15) is 31.1 Å². The van der Waals surface area contributed by atoms with Gasteiger partial charge in [0.2, 0.25) is 5.88 Å². The third-order valence-electron chi connectivity index (χ3n) is 3.46. The fraction of sp³-hybridized carbons (Fsp3) is 0.615. The van der Waals surface area contributed by atoms with Crippen molar-refractivity contribution in [2.45, 2.75) is 37.8 Å². The molecule has 1 saturated carbocycles. The highest BCUT2D eigenvalue weighted by atomic mass is 19.4. The summed E-state index contributed by atoms with van der Waals surface area (Å²) in [6.07, 6.45) is -7.92. The molecular formula is C13H18F6N4O2. The van der Waals surface area contributed by atoms with Crippen LogP contribution >= 0.6 is 0 Å². The first-order valence-electron chi connectivity index (χ1n) is 7.15. The van der Waals surface area contributed by atoms with Crippen molar-refractivity contribution in [2.75, 3.05) is 6.61 Å². The van der Waals surface area contributed by atoms with Crippen LogP contribution in [0.25, 0.3) is 0 Å². The van der Waals surface area contributed by atoms with Gasteiger partial charge in [-0.25, -0.2) is 4.79 Å². The first-order chi connectivity index (χ1) is 11.5. The summed E-state index contributed by atoms with van der Waals surface area (Å²) in [5.41, 5.74) is 0.323. The summed E-state index contributed by atoms with van der Waals surface area (Å²) in [5, 5.41) is 11.6. The highest BCUT2D eigenvalue weighted by molar-refractivity contribution is 5.74. The summed E-state index contributed by atoms with van der Waals surface area (Å²) in [4.78, 5) is 11.6. The number of alkyl halides is 6. The zero-order chi connectivity index (χ0) is 18.7. The van der Waals surface area contributed by atoms with E-state index in [-0.39, 0.29) is 28.1 Å². The number of nitrogens with one attached hydrogen (secondary N) is 2. The second-order valence-electron chi connectivity index (χ2n) is 5.54. The van der Waals surface area contributed by atoms with Crippen LogP contribution in [0.2, 0.25) is 0 Å². The van der Waals surface area contributed by atoms with E-state index >= 15 is 0 Å². The van der Waals surface area contributed by atoms with Gasteiger partial charge in [0.1, 0.15) is 0 Å². The van der Waals surface area contributed by atoms with Crippen LogP contribution < -0.4 is 15.4 Å². The molecule has 1 aliphatic carbocycles. The zero-order valence-corrected chi connectivity index (χ0v) is 12.6. The molecule has 0 bridgehead atoms. The molecule has 1 aromatic heterocycles. The molecular weight excluding hydrogens is 358 g/mol. The number of hydrogen-bond acceptors (Lipinski definition) is 4. The maximum Gasteiger partial charge on any atom is 0.422 e. The summed E-state index contributed by atoms with van der Waals surface area (Å²) in [5.74, 6) is -1.76. The fourth-order valence-electron chi connectivity index (χ4n) is 2.13. The monoisotopic (exact) mass is 376 g/mol. The van der Waals surface area contributed by atoms with Gasteiger partial charge in [0.25, 0.3) is 0 Å². The van der Waals surface area contributed by atoms with Gasteiger partial charge >= 0.3 is 18.4 Å². The van der Waals surface area contributed by atoms with Gasteiger partial charge in [-0.3, -0.25) is 0 Å². The number of halogens is 6. The molecule has 0 aromatic carbocycles. The average molecular weight is 376 g/mol. The molecule has 6 nitrogen and oxygen atoms in total. The van der Waals surface area contributed by atoms with Crippen LogP contribution in [-0.2, 0) is 6.54 Å². The molecule has 1 fully saturated rings. The van der Waals surface area contributed by atoms with Gasteiger partial charge in [-0.15, -0.1) is 5.10 Å². The van der Waals surface area contributed by atoms with Crippen LogP contribution in [0, 0.1) is 5.92 Å². The molecule has 0 unspecified atom stereocenters. The maximum absolute atomic E-state index is 12.3. The SMILES string of the molecule is O=C(NCc1cnnc(OCC(F)(F)F)c1)NC1CC(C(F)(F)F)C1.[HH].[HH]. The van der Waals surface area contributed by atoms with E-state index in [1.165, 1.54) is 12.3 Å². The number of rotatable bonds is 5. The summed E-state index contributed by atoms with van der Waals surface area (Å²) < 4.78 is 77.6. The van der Waals surface area contributed by atoms with E-state index < -0.39 is 37.0 Å². The van der Waals surface area contributed by atoms with E-state index in [0.29, 0.717) is 5.56 Å². The average Bonchev–Trinajstić information content (AvgIpc) is 2.45. The van der Waals surface area contributed by atoms with Crippen molar-refractivity contribution in [1.29, 1.82) is 0 Å². The standard InChI is InChI=1S/C13H14F6N4O2.2H2/c14-12(15,16)6-25-10-1-7(5-21-23-10)4-20-11(24)22-9-2-8(3-9)13(17,18)19;;/h1,5,8-9H,2-4,6H2,(H2,20,22,24);2*1H. The largest absolute Gasteiger partial charge is 0.467 e. The van der Waals surface area contributed by atoms with Crippen LogP contribution in [-0.4, -0.2) is 41.2 Å². The molecule has 12 heteroatoms. The molecule has 1 aliphatic rings. The third kappa shape index (κ3) is 6.27. The molecule has 0 aliphatic heterocycles. The number of ether oxygens (including phenoxy) is 1. The second-order valence-corrected chi connectivity index (χ2v) is 5.54. The number of aromatic nitrogens is 2. The van der Waals surface area contributed by atoms with Crippen molar-refractivity contribution < 1.29 is 38.7 Å². The topological polar surface area (TPSA) is 76.1 Å². The highest BCUT2D eigenvalue weighted by Crippen LogP contribution is 2.40. The Bertz CT molecular complexity index is 611. The van der Waals surface area contributed by atoms with Crippen LogP contribution in [0.1, 0.15) is 21.3 Å². The molecule has 2 N–H and O–H groups in total. The molecule has 0 radical (unpaired) electrons. The second kappa shape index (κ2) is 7.31. The number of urea groups is 1. The number of nitrogens with zero attached hydrogens (tertiary/aromatic N) is 2. The van der Waals surface area contributed by atoms with Crippen LogP contribution in [0.4, 0.5) is 31.1 Å². The molecule has 25 heavy (non-hydrogen) atoms. The van der Waals surface area contributed by atoms with E-state index in [4.69, 9.17) is 0 Å². The molecule has 2 rings (SSSR count). The molecule has 2 amide bonds. The molecule has 1 heterocycles. The minimum Gasteiger partial charge on any atom is -0.467 e. The maximum atomic E-state index is 12.3. The zero-order valence-electron chi connectivity index (χ0n) is 12.6. The van der Waals surface area contributed by atoms with Crippen molar-refractivity contribution in [1.82, 2.24) is 20.8 Å². The van der Waals surface area contributed by atoms with E-state index in [0.717, 1.165) is 0 Å². The number of carbonyl (C=O) groups is 1. The Morgan fingerprint density at radius 2 is 1.96 bits per heavy atom. The Labute approximate surface area is 140 Å². The van der Waals surface area contributed by atoms with Gasteiger partial charge in [-0.2, -0.15) is 31.4 Å². The van der Waals surface area contributed by atoms with Crippen molar-refractivity contribution in [3.05, 3.63) is 17.8 Å². The predicted molar refractivity (Wildman–Crippen MR) is 75.7 cm³/mol. The molecule has 1 aromatic rings. The predicted octanol–water partition coefficient (Wildman–Crippen LogP) is 3.05. The minimum absolute atomic E-state index is 0. The Morgan fingerprint density at radius 3 is 2.56 bits per heavy atom. The van der Waals surface area contributed by atoms with Crippen LogP contribution in [0.3, 0.4) is 0 Å². The molecule has 144 valence electrons. The van der Waals surface area contributed by atoms with E-state index in [1.807, 2.05) is 0 Å². The third-order valence-corrected chi connectivity index (χ3v) is 3.46. The van der Waals surface area contributed by atoms with Crippen molar-refractivity contribution in [3.8, 4) is 5.88 Å². The van der Waals surface area contributed by atoms with Crippen LogP contribution in [0.5, 0.6) is 5.88 Å². The quantitative estimate of drug-likeness (QED) is 0.775. The van der Waals surface area contributed by atoms with Gasteiger partial charge in [-0.1, -0.05) is 0 Å². The summed E-state index contributed by atoms with van der Waals surface area (Å²) in [6.45, 7) is -1.62. The molecule has 0 saturated heterocycles. The summed E-state index contributed by atoms with van der Waals surface area (Å²) in [6, 6.07) is -0.0738. The number of hydrogen-bond donors (Lipinski definition) is 2. The lowest BCUT2D eigenvalue weighted by Gasteiger charge is -2.36. The molecule has 0 atom stereocenters. The lowest BCUT2D eigenvalue weighted by Crippen LogP contribution is -2.51. The Morgan fingerprint density at radius 1 is 1.28 bits per heavy atom. The first-order valence-corrected chi connectivity index (χ1v) is 7.15. The van der Waals surface area contributed by atoms with Crippen molar-refractivity contribution in [3.63, 3.8) is 0 Å². The Kier molecular flexibility index (Phi) is 5.58. The lowest BCUT2D eigenvalue weighted by atomic mass is 9.80. The van der Waals surface area contributed by atoms with Gasteiger partial charge in [0, 0.05) is 21.5 Å². The van der Waals surface area contributed by atoms with Gasteiger partial charge in [0.15, 0.2) is 6.61 Å². The van der Waals surface area contributed by atoms with Crippen LogP contribution in [0.15, 0.2) is 12.3 Å². The fourth-order valence-corrected chi connectivity index (χ4v) is 2.13. The smallest absolute Gasteiger partial charge is 0.422 e. The van der Waals surface area contributed by atoms with E-state index in [2.05, 4.69) is 25.6 Å². The van der Waals surface area contributed by atoms with Crippen molar-refractivity contribution >= 4 is 6.03 Å². The summed E-state index contributed by atoms with van der Waals surface area (Å²) >= 11 is 0.